The molecule has 128 valence electrons. The molecular weight excluding hydrogens is 332 g/mol. The summed E-state index contributed by atoms with van der Waals surface area (Å²) in [6, 6.07) is 3.61. The van der Waals surface area contributed by atoms with Crippen LogP contribution in [0.3, 0.4) is 0 Å². The van der Waals surface area contributed by atoms with Gasteiger partial charge >= 0.3 is 0 Å². The van der Waals surface area contributed by atoms with Crippen LogP contribution in [-0.2, 0) is 9.59 Å². The molecule has 0 bridgehead atoms. The van der Waals surface area contributed by atoms with Gasteiger partial charge in [-0.3, -0.25) is 19.7 Å². The number of benzene rings is 1. The van der Waals surface area contributed by atoms with Crippen LogP contribution in [-0.4, -0.2) is 54.4 Å². The number of carbonyl (C=O) groups excluding carboxylic acids is 2. The summed E-state index contributed by atoms with van der Waals surface area (Å²) in [5.74, 6) is -0.702. The highest BCUT2D eigenvalue weighted by Crippen LogP contribution is 2.27. The average Bonchev–Trinajstić information content (AvgIpc) is 2.60. The first kappa shape index (κ1) is 18.0. The summed E-state index contributed by atoms with van der Waals surface area (Å²) in [5.41, 5.74) is 0.230. The van der Waals surface area contributed by atoms with E-state index in [2.05, 4.69) is 29.8 Å². The number of nitro groups is 1. The van der Waals surface area contributed by atoms with Gasteiger partial charge < -0.3 is 15.5 Å². The van der Waals surface area contributed by atoms with Gasteiger partial charge in [0.15, 0.2) is 0 Å². The van der Waals surface area contributed by atoms with Gasteiger partial charge in [-0.15, -0.1) is 12.6 Å². The van der Waals surface area contributed by atoms with Crippen molar-refractivity contribution >= 4 is 35.7 Å². The number of hydrogen-bond acceptors (Lipinski definition) is 6. The quantitative estimate of drug-likeness (QED) is 0.316. The van der Waals surface area contributed by atoms with Crippen LogP contribution in [0, 0.1) is 10.1 Å². The Hall–Kier alpha value is -2.39. The molecule has 0 aliphatic carbocycles. The highest BCUT2D eigenvalue weighted by atomic mass is 32.1. The molecule has 1 aliphatic rings. The second-order valence-electron chi connectivity index (χ2n) is 5.27. The van der Waals surface area contributed by atoms with Crippen LogP contribution in [0.5, 0.6) is 0 Å². The molecule has 24 heavy (non-hydrogen) atoms. The molecule has 0 spiro atoms. The lowest BCUT2D eigenvalue weighted by Gasteiger charge is -2.35. The van der Waals surface area contributed by atoms with Crippen LogP contribution in [0.15, 0.2) is 29.7 Å². The highest BCUT2D eigenvalue weighted by Gasteiger charge is 2.33. The van der Waals surface area contributed by atoms with Crippen molar-refractivity contribution in [3.05, 3.63) is 40.5 Å². The zero-order valence-corrected chi connectivity index (χ0v) is 14.0. The topological polar surface area (TPSA) is 105 Å². The normalized spacial score (nSPS) is 17.2. The van der Waals surface area contributed by atoms with Gasteiger partial charge in [0.25, 0.3) is 11.6 Å². The molecule has 1 aliphatic heterocycles. The minimum atomic E-state index is -0.646. The van der Waals surface area contributed by atoms with Crippen molar-refractivity contribution < 1.29 is 14.5 Å². The number of nitro benzene ring substituents is 1. The van der Waals surface area contributed by atoms with Gasteiger partial charge in [0, 0.05) is 38.3 Å². The monoisotopic (exact) mass is 350 g/mol. The molecular formula is C15H18N4O4S. The van der Waals surface area contributed by atoms with Crippen molar-refractivity contribution in [2.75, 3.05) is 26.7 Å². The Kier molecular flexibility index (Phi) is 5.58. The van der Waals surface area contributed by atoms with E-state index >= 15 is 0 Å². The van der Waals surface area contributed by atoms with Gasteiger partial charge in [-0.2, -0.15) is 0 Å². The van der Waals surface area contributed by atoms with Crippen LogP contribution in [0.4, 0.5) is 5.69 Å². The first-order valence-electron chi connectivity index (χ1n) is 7.26. The average molecular weight is 350 g/mol. The number of likely N-dealkylation sites (N-methyl/N-ethyl adjacent to an activating group) is 1. The molecule has 1 fully saturated rings. The summed E-state index contributed by atoms with van der Waals surface area (Å²) in [6.07, 6.45) is 0. The van der Waals surface area contributed by atoms with E-state index in [1.807, 2.05) is 0 Å². The zero-order valence-electron chi connectivity index (χ0n) is 13.1. The van der Waals surface area contributed by atoms with Crippen molar-refractivity contribution in [3.8, 4) is 0 Å². The van der Waals surface area contributed by atoms with Gasteiger partial charge in [0.2, 0.25) is 5.91 Å². The number of thiol groups is 1. The summed E-state index contributed by atoms with van der Waals surface area (Å²) < 4.78 is 0. The largest absolute Gasteiger partial charge is 0.357 e. The Bertz CT molecular complexity index is 707. The summed E-state index contributed by atoms with van der Waals surface area (Å²) in [6.45, 7) is 5.01. The van der Waals surface area contributed by atoms with E-state index < -0.39 is 16.9 Å². The van der Waals surface area contributed by atoms with E-state index in [4.69, 9.17) is 0 Å². The lowest BCUT2D eigenvalue weighted by Crippen LogP contribution is -2.59. The van der Waals surface area contributed by atoms with E-state index in [9.17, 15) is 19.7 Å². The maximum absolute atomic E-state index is 12.7. The Morgan fingerprint density at radius 2 is 2.21 bits per heavy atom. The van der Waals surface area contributed by atoms with E-state index in [1.54, 1.807) is 6.07 Å². The van der Waals surface area contributed by atoms with Gasteiger partial charge in [-0.05, 0) is 11.6 Å². The van der Waals surface area contributed by atoms with Crippen molar-refractivity contribution in [2.45, 2.75) is 10.9 Å². The fraction of sp³-hybridized carbons (Fsp3) is 0.333. The molecule has 9 heteroatoms. The fourth-order valence-corrected chi connectivity index (χ4v) is 2.72. The van der Waals surface area contributed by atoms with Gasteiger partial charge in [0.1, 0.15) is 6.04 Å². The Balaban J connectivity index is 2.28. The van der Waals surface area contributed by atoms with E-state index in [0.717, 1.165) is 0 Å². The third kappa shape index (κ3) is 3.57. The molecule has 0 saturated carbocycles. The lowest BCUT2D eigenvalue weighted by molar-refractivity contribution is -0.387. The van der Waals surface area contributed by atoms with Crippen molar-refractivity contribution in [1.29, 1.82) is 0 Å². The third-order valence-corrected chi connectivity index (χ3v) is 4.21. The molecule has 0 aromatic heterocycles. The first-order chi connectivity index (χ1) is 11.4. The van der Waals surface area contributed by atoms with Crippen LogP contribution in [0.25, 0.3) is 5.57 Å². The SMILES string of the molecule is C=C(C(=O)N1CCNCC1C(=O)NC)c1ccc(S)c([N+](=O)[O-])c1. The van der Waals surface area contributed by atoms with Crippen LogP contribution in [0.2, 0.25) is 0 Å². The third-order valence-electron chi connectivity index (χ3n) is 3.83. The summed E-state index contributed by atoms with van der Waals surface area (Å²) in [4.78, 5) is 36.8. The smallest absolute Gasteiger partial charge is 0.283 e. The molecule has 1 aromatic rings. The molecule has 1 aromatic carbocycles. The number of nitrogens with zero attached hydrogens (tertiary/aromatic N) is 2. The molecule has 1 atom stereocenters. The number of hydrogen-bond donors (Lipinski definition) is 3. The predicted octanol–water partition coefficient (Wildman–Crippen LogP) is 0.443. The second-order valence-corrected chi connectivity index (χ2v) is 5.75. The molecule has 8 nitrogen and oxygen atoms in total. The zero-order chi connectivity index (χ0) is 17.9. The molecule has 1 saturated heterocycles. The molecule has 1 heterocycles. The second kappa shape index (κ2) is 7.45. The van der Waals surface area contributed by atoms with E-state index in [-0.39, 0.29) is 22.1 Å². The maximum Gasteiger partial charge on any atom is 0.283 e. The molecule has 1 unspecified atom stereocenters. The summed E-state index contributed by atoms with van der Waals surface area (Å²) in [5, 5.41) is 16.6. The van der Waals surface area contributed by atoms with Crippen LogP contribution < -0.4 is 10.6 Å². The van der Waals surface area contributed by atoms with Crippen LogP contribution >= 0.6 is 12.6 Å². The first-order valence-corrected chi connectivity index (χ1v) is 7.71. The van der Waals surface area contributed by atoms with Crippen molar-refractivity contribution in [3.63, 3.8) is 0 Å². The Morgan fingerprint density at radius 3 is 2.83 bits per heavy atom. The van der Waals surface area contributed by atoms with E-state index in [1.165, 1.54) is 24.1 Å². The number of carbonyl (C=O) groups is 2. The maximum atomic E-state index is 12.7. The standard InChI is InChI=1S/C15H18N4O4S/c1-9(10-3-4-13(24)11(7-10)19(22)23)15(21)18-6-5-17-8-12(18)14(20)16-2/h3-4,7,12,17,24H,1,5-6,8H2,2H3,(H,16,20). The van der Waals surface area contributed by atoms with Gasteiger partial charge in [-0.1, -0.05) is 12.6 Å². The van der Waals surface area contributed by atoms with Crippen molar-refractivity contribution in [1.82, 2.24) is 15.5 Å². The Labute approximate surface area is 144 Å². The number of rotatable bonds is 4. The summed E-state index contributed by atoms with van der Waals surface area (Å²) in [7, 11) is 1.50. The van der Waals surface area contributed by atoms with Crippen molar-refractivity contribution in [2.24, 2.45) is 0 Å². The van der Waals surface area contributed by atoms with Gasteiger partial charge in [-0.25, -0.2) is 0 Å². The highest BCUT2D eigenvalue weighted by molar-refractivity contribution is 7.80. The summed E-state index contributed by atoms with van der Waals surface area (Å²) >= 11 is 4.03. The Morgan fingerprint density at radius 1 is 1.50 bits per heavy atom. The molecule has 2 N–H and O–H groups in total. The van der Waals surface area contributed by atoms with Crippen LogP contribution in [0.1, 0.15) is 5.56 Å². The molecule has 0 radical (unpaired) electrons. The number of amides is 2. The van der Waals surface area contributed by atoms with Gasteiger partial charge in [0.05, 0.1) is 9.82 Å². The predicted molar refractivity (Wildman–Crippen MR) is 91.8 cm³/mol. The molecule has 2 amide bonds. The lowest BCUT2D eigenvalue weighted by atomic mass is 10.0. The van der Waals surface area contributed by atoms with E-state index in [0.29, 0.717) is 25.2 Å². The minimum Gasteiger partial charge on any atom is -0.357 e. The molecule has 2 rings (SSSR count). The fourth-order valence-electron chi connectivity index (χ4n) is 2.50. The minimum absolute atomic E-state index is 0.0993. The number of nitrogens with one attached hydrogen (secondary N) is 2. The number of piperazine rings is 1.